The van der Waals surface area contributed by atoms with Crippen LogP contribution in [0.25, 0.3) is 0 Å². The van der Waals surface area contributed by atoms with Crippen molar-refractivity contribution in [3.63, 3.8) is 0 Å². The number of carbonyl (C=O) groups excluding carboxylic acids is 3. The van der Waals surface area contributed by atoms with E-state index in [0.29, 0.717) is 28.9 Å². The molecule has 3 rings (SSSR count). The molecule has 0 aliphatic carbocycles. The molecule has 0 unspecified atom stereocenters. The van der Waals surface area contributed by atoms with Crippen LogP contribution in [0.5, 0.6) is 0 Å². The van der Waals surface area contributed by atoms with Crippen molar-refractivity contribution in [2.45, 2.75) is 98.4 Å². The maximum atomic E-state index is 13.3. The first-order valence-electron chi connectivity index (χ1n) is 13.0. The Labute approximate surface area is 225 Å². The highest BCUT2D eigenvalue weighted by atomic mass is 16.8. The fraction of sp³-hybridized carbons (Fsp3) is 0.567. The highest BCUT2D eigenvalue weighted by molar-refractivity contribution is 5.97. The predicted molar refractivity (Wildman–Crippen MR) is 144 cm³/mol. The second kappa shape index (κ2) is 11.3. The average Bonchev–Trinajstić information content (AvgIpc) is 3.09. The lowest BCUT2D eigenvalue weighted by molar-refractivity contribution is -0.152. The van der Waals surface area contributed by atoms with E-state index in [1.807, 2.05) is 13.8 Å². The van der Waals surface area contributed by atoms with Crippen molar-refractivity contribution in [1.29, 1.82) is 0 Å². The number of rotatable bonds is 2. The quantitative estimate of drug-likeness (QED) is 0.380. The summed E-state index contributed by atoms with van der Waals surface area (Å²) in [6.07, 6.45) is 1.04. The number of anilines is 1. The Balaban J connectivity index is 2.10. The zero-order valence-corrected chi connectivity index (χ0v) is 23.8. The molecule has 8 nitrogen and oxygen atoms in total. The zero-order chi connectivity index (χ0) is 28.4. The highest BCUT2D eigenvalue weighted by Gasteiger charge is 2.44. The average molecular weight is 526 g/mol. The molecule has 1 fully saturated rings. The first kappa shape index (κ1) is 29.4. The van der Waals surface area contributed by atoms with E-state index in [0.717, 1.165) is 0 Å². The van der Waals surface area contributed by atoms with Crippen LogP contribution < -0.4 is 4.90 Å². The van der Waals surface area contributed by atoms with Gasteiger partial charge in [-0.3, -0.25) is 9.69 Å². The number of fused-ring (bicyclic) bond motifs is 2. The van der Waals surface area contributed by atoms with Crippen LogP contribution in [-0.4, -0.2) is 54.1 Å². The van der Waals surface area contributed by atoms with Gasteiger partial charge in [-0.1, -0.05) is 24.8 Å². The highest BCUT2D eigenvalue weighted by Crippen LogP contribution is 2.31. The number of aryl methyl sites for hydroxylation is 1. The van der Waals surface area contributed by atoms with Gasteiger partial charge in [-0.05, 0) is 79.2 Å². The summed E-state index contributed by atoms with van der Waals surface area (Å²) >= 11 is 0. The number of carbonyl (C=O) groups is 3. The summed E-state index contributed by atoms with van der Waals surface area (Å²) in [4.78, 5) is 40.7. The number of ketones is 1. The zero-order valence-electron chi connectivity index (χ0n) is 23.8. The normalized spacial score (nSPS) is 26.1. The summed E-state index contributed by atoms with van der Waals surface area (Å²) in [6, 6.07) is 3.46. The molecule has 8 heteroatoms. The summed E-state index contributed by atoms with van der Waals surface area (Å²) in [6.45, 7) is 16.6. The van der Waals surface area contributed by atoms with Crippen molar-refractivity contribution in [3.05, 3.63) is 41.0 Å². The van der Waals surface area contributed by atoms with Gasteiger partial charge in [0.05, 0.1) is 5.56 Å². The Morgan fingerprint density at radius 2 is 1.87 bits per heavy atom. The Morgan fingerprint density at radius 1 is 1.18 bits per heavy atom. The molecule has 0 bridgehead atoms. The minimum Gasteiger partial charge on any atom is -0.458 e. The monoisotopic (exact) mass is 525 g/mol. The van der Waals surface area contributed by atoms with Crippen LogP contribution in [0.1, 0.15) is 83.3 Å². The lowest BCUT2D eigenvalue weighted by Crippen LogP contribution is -2.37. The van der Waals surface area contributed by atoms with E-state index >= 15 is 0 Å². The van der Waals surface area contributed by atoms with Gasteiger partial charge >= 0.3 is 12.1 Å². The van der Waals surface area contributed by atoms with E-state index in [2.05, 4.69) is 11.8 Å². The van der Waals surface area contributed by atoms with Gasteiger partial charge in [0.1, 0.15) is 17.8 Å². The van der Waals surface area contributed by atoms with Crippen LogP contribution in [0.3, 0.4) is 0 Å². The summed E-state index contributed by atoms with van der Waals surface area (Å²) < 4.78 is 23.2. The summed E-state index contributed by atoms with van der Waals surface area (Å²) in [5.41, 5.74) is 1.26. The SMILES string of the molecule is CCN(C(=O)OC(C)(C)C)c1cc(C)c2c(c1)C#CC[C@@H]1OC(C)(C)O[C@@H]1C(=O)/C=C\[C@@H](C)[C@H](C)OC2=O. The molecule has 0 spiro atoms. The fourth-order valence-electron chi connectivity index (χ4n) is 4.33. The third-order valence-electron chi connectivity index (χ3n) is 6.35. The topological polar surface area (TPSA) is 91.4 Å². The fourth-order valence-corrected chi connectivity index (χ4v) is 4.33. The molecule has 2 heterocycles. The number of nitrogens with zero attached hydrogens (tertiary/aromatic N) is 1. The molecule has 38 heavy (non-hydrogen) atoms. The van der Waals surface area contributed by atoms with Crippen molar-refractivity contribution in [3.8, 4) is 11.8 Å². The van der Waals surface area contributed by atoms with Crippen LogP contribution in [-0.2, 0) is 23.7 Å². The summed E-state index contributed by atoms with van der Waals surface area (Å²) in [7, 11) is 0. The molecule has 206 valence electrons. The third-order valence-corrected chi connectivity index (χ3v) is 6.35. The Hall–Kier alpha value is -3.15. The first-order chi connectivity index (χ1) is 17.6. The maximum absolute atomic E-state index is 13.3. The molecule has 4 atom stereocenters. The summed E-state index contributed by atoms with van der Waals surface area (Å²) in [5, 5.41) is 0. The Bertz CT molecular complexity index is 1180. The van der Waals surface area contributed by atoms with Gasteiger partial charge in [0.25, 0.3) is 0 Å². The second-order valence-corrected chi connectivity index (χ2v) is 11.2. The van der Waals surface area contributed by atoms with Crippen molar-refractivity contribution in [1.82, 2.24) is 0 Å². The van der Waals surface area contributed by atoms with Gasteiger partial charge in [-0.2, -0.15) is 0 Å². The second-order valence-electron chi connectivity index (χ2n) is 11.2. The first-order valence-corrected chi connectivity index (χ1v) is 13.0. The van der Waals surface area contributed by atoms with Crippen LogP contribution >= 0.6 is 0 Å². The number of ether oxygens (including phenoxy) is 4. The van der Waals surface area contributed by atoms with Gasteiger partial charge in [-0.25, -0.2) is 9.59 Å². The molecule has 0 aromatic heterocycles. The third kappa shape index (κ3) is 7.03. The van der Waals surface area contributed by atoms with Gasteiger partial charge in [-0.15, -0.1) is 0 Å². The lowest BCUT2D eigenvalue weighted by Gasteiger charge is -2.27. The van der Waals surface area contributed by atoms with Crippen LogP contribution in [0.4, 0.5) is 10.5 Å². The maximum Gasteiger partial charge on any atom is 0.414 e. The number of benzene rings is 1. The smallest absolute Gasteiger partial charge is 0.414 e. The van der Waals surface area contributed by atoms with Crippen LogP contribution in [0, 0.1) is 24.7 Å². The molecular formula is C30H39NO7. The number of hydrogen-bond acceptors (Lipinski definition) is 7. The number of hydrogen-bond donors (Lipinski definition) is 0. The Kier molecular flexibility index (Phi) is 8.75. The molecule has 0 radical (unpaired) electrons. The minimum absolute atomic E-state index is 0.209. The predicted octanol–water partition coefficient (Wildman–Crippen LogP) is 5.34. The molecule has 1 aromatic rings. The molecule has 1 saturated heterocycles. The minimum atomic E-state index is -0.927. The van der Waals surface area contributed by atoms with Crippen LogP contribution in [0.15, 0.2) is 24.3 Å². The lowest BCUT2D eigenvalue weighted by atomic mass is 9.98. The van der Waals surface area contributed by atoms with E-state index in [1.54, 1.807) is 66.7 Å². The van der Waals surface area contributed by atoms with Gasteiger partial charge in [0, 0.05) is 30.1 Å². The van der Waals surface area contributed by atoms with Gasteiger partial charge in [0.15, 0.2) is 17.7 Å². The number of esters is 1. The molecule has 2 aliphatic heterocycles. The van der Waals surface area contributed by atoms with Crippen molar-refractivity contribution < 1.29 is 33.3 Å². The molecule has 0 N–H and O–H groups in total. The van der Waals surface area contributed by atoms with E-state index in [1.165, 1.54) is 11.0 Å². The molecule has 1 amide bonds. The van der Waals surface area contributed by atoms with Gasteiger partial charge in [0.2, 0.25) is 0 Å². The van der Waals surface area contributed by atoms with Crippen molar-refractivity contribution in [2.75, 3.05) is 11.4 Å². The number of amides is 1. The van der Waals surface area contributed by atoms with Crippen LogP contribution in [0.2, 0.25) is 0 Å². The standard InChI is InChI=1S/C30H39NO7/c1-10-31(28(34)38-29(5,6)7)22-16-19(3)25-21(17-22)12-11-13-24-26(37-30(8,9)36-24)23(32)15-14-18(2)20(4)35-27(25)33/h14-18,20,24,26H,10,13H2,1-9H3/b15-14-/t18-,20+,24+,26-/m1/s1. The van der Waals surface area contributed by atoms with Crippen molar-refractivity contribution >= 4 is 23.5 Å². The molecule has 2 aliphatic rings. The van der Waals surface area contributed by atoms with E-state index in [-0.39, 0.29) is 18.1 Å². The van der Waals surface area contributed by atoms with E-state index < -0.39 is 41.8 Å². The molecule has 0 saturated carbocycles. The summed E-state index contributed by atoms with van der Waals surface area (Å²) in [5.74, 6) is 4.26. The van der Waals surface area contributed by atoms with E-state index in [9.17, 15) is 14.4 Å². The Morgan fingerprint density at radius 3 is 2.50 bits per heavy atom. The largest absolute Gasteiger partial charge is 0.458 e. The molecular weight excluding hydrogens is 486 g/mol. The van der Waals surface area contributed by atoms with Gasteiger partial charge < -0.3 is 18.9 Å². The number of cyclic esters (lactones) is 1. The molecule has 1 aromatic carbocycles. The van der Waals surface area contributed by atoms with E-state index in [4.69, 9.17) is 18.9 Å². The van der Waals surface area contributed by atoms with Crippen molar-refractivity contribution in [2.24, 2.45) is 5.92 Å².